The molecule has 3 heterocycles. The molecule has 2 N–H and O–H groups in total. The molecular formula is C37H46N4O5. The first kappa shape index (κ1) is 33.0. The van der Waals surface area contributed by atoms with E-state index in [1.54, 1.807) is 7.11 Å². The van der Waals surface area contributed by atoms with Crippen LogP contribution < -0.4 is 14.8 Å². The maximum atomic E-state index is 12.9. The molecule has 0 aliphatic carbocycles. The molecule has 0 fully saturated rings. The summed E-state index contributed by atoms with van der Waals surface area (Å²) >= 11 is 0. The first-order valence-corrected chi connectivity index (χ1v) is 16.3. The van der Waals surface area contributed by atoms with Gasteiger partial charge in [-0.3, -0.25) is 4.68 Å². The molecule has 0 saturated carbocycles. The van der Waals surface area contributed by atoms with Crippen molar-refractivity contribution in [1.29, 1.82) is 0 Å². The molecule has 0 saturated heterocycles. The van der Waals surface area contributed by atoms with E-state index >= 15 is 0 Å². The van der Waals surface area contributed by atoms with Gasteiger partial charge in [-0.05, 0) is 74.8 Å². The number of benzene rings is 3. The van der Waals surface area contributed by atoms with Crippen LogP contribution in [0.1, 0.15) is 60.5 Å². The quantitative estimate of drug-likeness (QED) is 0.168. The lowest BCUT2D eigenvalue weighted by Gasteiger charge is -2.15. The van der Waals surface area contributed by atoms with Gasteiger partial charge in [0.05, 0.1) is 37.1 Å². The van der Waals surface area contributed by atoms with Crippen LogP contribution in [0, 0.1) is 6.92 Å². The van der Waals surface area contributed by atoms with Crippen molar-refractivity contribution in [2.75, 3.05) is 33.4 Å². The van der Waals surface area contributed by atoms with Crippen LogP contribution in [0.4, 0.5) is 0 Å². The minimum absolute atomic E-state index is 0.336. The standard InChI is InChI=1S/C33H35N3O5.C4H11N/c1-21-29-26(34-35(21)2)20-40-18-7-6-17-36-31-25(15-16-28(39-3)30(29)31)24(32(36)33(37)38)13-9-19-41-27-14-8-11-22-10-4-5-12-23(22)27;1-3-5-4-2/h4-5,8,10-12,14-16H,6-7,9,13,17-20H2,1-3H3,(H,37,38);5H,3-4H2,1-2H3. The maximum absolute atomic E-state index is 12.9. The number of carboxylic acid groups (broad SMARTS) is 1. The molecule has 244 valence electrons. The molecule has 0 bridgehead atoms. The van der Waals surface area contributed by atoms with Gasteiger partial charge in [-0.15, -0.1) is 0 Å². The second-order valence-electron chi connectivity index (χ2n) is 11.5. The van der Waals surface area contributed by atoms with Crippen molar-refractivity contribution in [3.63, 3.8) is 0 Å². The van der Waals surface area contributed by atoms with E-state index < -0.39 is 5.97 Å². The molecule has 9 nitrogen and oxygen atoms in total. The first-order chi connectivity index (χ1) is 22.4. The average Bonchev–Trinajstić information content (AvgIpc) is 3.52. The number of carboxylic acids is 1. The van der Waals surface area contributed by atoms with E-state index in [9.17, 15) is 9.90 Å². The fourth-order valence-electron chi connectivity index (χ4n) is 6.38. The van der Waals surface area contributed by atoms with Crippen molar-refractivity contribution in [2.24, 2.45) is 7.05 Å². The highest BCUT2D eigenvalue weighted by atomic mass is 16.5. The highest BCUT2D eigenvalue weighted by Gasteiger charge is 2.29. The number of hydrogen-bond donors (Lipinski definition) is 2. The lowest BCUT2D eigenvalue weighted by atomic mass is 9.97. The predicted molar refractivity (Wildman–Crippen MR) is 183 cm³/mol. The molecule has 1 aliphatic rings. The molecule has 1 aliphatic heterocycles. The number of aromatic nitrogens is 3. The van der Waals surface area contributed by atoms with Gasteiger partial charge in [-0.2, -0.15) is 5.10 Å². The summed E-state index contributed by atoms with van der Waals surface area (Å²) in [5.74, 6) is 0.605. The number of aromatic carboxylic acids is 1. The monoisotopic (exact) mass is 626 g/mol. The number of carbonyl (C=O) groups is 1. The van der Waals surface area contributed by atoms with Gasteiger partial charge >= 0.3 is 5.97 Å². The molecule has 5 aromatic rings. The summed E-state index contributed by atoms with van der Waals surface area (Å²) in [5, 5.41) is 21.5. The Morgan fingerprint density at radius 1 is 1.00 bits per heavy atom. The third-order valence-corrected chi connectivity index (χ3v) is 8.61. The van der Waals surface area contributed by atoms with Crippen molar-refractivity contribution >= 4 is 27.6 Å². The highest BCUT2D eigenvalue weighted by Crippen LogP contribution is 2.44. The zero-order chi connectivity index (χ0) is 32.6. The summed E-state index contributed by atoms with van der Waals surface area (Å²) in [6.07, 6.45) is 2.88. The van der Waals surface area contributed by atoms with Crippen LogP contribution in [0.15, 0.2) is 54.6 Å². The van der Waals surface area contributed by atoms with E-state index in [1.807, 2.05) is 59.6 Å². The third-order valence-electron chi connectivity index (χ3n) is 8.61. The number of rotatable bonds is 9. The Kier molecular flexibility index (Phi) is 11.0. The smallest absolute Gasteiger partial charge is 0.352 e. The maximum Gasteiger partial charge on any atom is 0.352 e. The number of fused-ring (bicyclic) bond motifs is 3. The number of nitrogens with one attached hydrogen (secondary N) is 1. The van der Waals surface area contributed by atoms with Gasteiger partial charge in [0.15, 0.2) is 0 Å². The van der Waals surface area contributed by atoms with E-state index in [2.05, 4.69) is 37.4 Å². The molecule has 3 aromatic carbocycles. The van der Waals surface area contributed by atoms with Crippen LogP contribution in [0.3, 0.4) is 0 Å². The van der Waals surface area contributed by atoms with E-state index in [-0.39, 0.29) is 0 Å². The van der Waals surface area contributed by atoms with Crippen LogP contribution in [0.2, 0.25) is 0 Å². The molecule has 6 rings (SSSR count). The van der Waals surface area contributed by atoms with E-state index in [0.29, 0.717) is 50.7 Å². The van der Waals surface area contributed by atoms with Gasteiger partial charge < -0.3 is 29.2 Å². The molecule has 0 unspecified atom stereocenters. The predicted octanol–water partition coefficient (Wildman–Crippen LogP) is 7.15. The van der Waals surface area contributed by atoms with Gasteiger partial charge in [0.2, 0.25) is 0 Å². The molecule has 0 atom stereocenters. The molecular weight excluding hydrogens is 580 g/mol. The summed E-state index contributed by atoms with van der Waals surface area (Å²) in [4.78, 5) is 12.9. The third kappa shape index (κ3) is 6.76. The Morgan fingerprint density at radius 2 is 1.78 bits per heavy atom. The fourth-order valence-corrected chi connectivity index (χ4v) is 6.38. The Morgan fingerprint density at radius 3 is 2.52 bits per heavy atom. The minimum atomic E-state index is -0.926. The molecule has 0 radical (unpaired) electrons. The summed E-state index contributed by atoms with van der Waals surface area (Å²) in [5.41, 5.74) is 5.66. The number of aryl methyl sites for hydroxylation is 3. The molecule has 0 spiro atoms. The Bertz CT molecular complexity index is 1800. The van der Waals surface area contributed by atoms with Crippen molar-refractivity contribution in [3.8, 4) is 22.6 Å². The van der Waals surface area contributed by atoms with Gasteiger partial charge in [0.25, 0.3) is 0 Å². The van der Waals surface area contributed by atoms with Crippen molar-refractivity contribution in [1.82, 2.24) is 19.7 Å². The van der Waals surface area contributed by atoms with Crippen LogP contribution in [-0.4, -0.2) is 58.8 Å². The zero-order valence-electron chi connectivity index (χ0n) is 27.7. The minimum Gasteiger partial charge on any atom is -0.496 e. The number of ether oxygens (including phenoxy) is 3. The normalized spacial score (nSPS) is 13.1. The van der Waals surface area contributed by atoms with E-state index in [0.717, 1.165) is 81.4 Å². The van der Waals surface area contributed by atoms with Gasteiger partial charge in [0.1, 0.15) is 17.2 Å². The lowest BCUT2D eigenvalue weighted by molar-refractivity contribution is 0.0683. The van der Waals surface area contributed by atoms with Gasteiger partial charge in [0, 0.05) is 42.2 Å². The average molecular weight is 627 g/mol. The Labute approximate surface area is 271 Å². The summed E-state index contributed by atoms with van der Waals surface area (Å²) in [6, 6.07) is 18.2. The second kappa shape index (κ2) is 15.3. The van der Waals surface area contributed by atoms with Crippen LogP contribution in [-0.2, 0) is 31.4 Å². The van der Waals surface area contributed by atoms with Gasteiger partial charge in [-0.25, -0.2) is 4.79 Å². The van der Waals surface area contributed by atoms with Crippen molar-refractivity contribution < 1.29 is 24.1 Å². The summed E-state index contributed by atoms with van der Waals surface area (Å²) in [6.45, 7) is 10.4. The zero-order valence-corrected chi connectivity index (χ0v) is 27.7. The van der Waals surface area contributed by atoms with Crippen LogP contribution >= 0.6 is 0 Å². The topological polar surface area (TPSA) is 99.8 Å². The van der Waals surface area contributed by atoms with Crippen LogP contribution in [0.5, 0.6) is 11.5 Å². The molecule has 2 aromatic heterocycles. The summed E-state index contributed by atoms with van der Waals surface area (Å²) in [7, 11) is 3.57. The SMILES string of the molecule is CCNCC.COc1ccc2c(CCCOc3cccc4ccccc34)c(C(=O)O)n3c2c1-c1c(nn(C)c1C)COCCCC3. The Hall–Kier alpha value is -4.34. The number of nitrogens with zero attached hydrogens (tertiary/aromatic N) is 3. The van der Waals surface area contributed by atoms with E-state index in [4.69, 9.17) is 19.3 Å². The largest absolute Gasteiger partial charge is 0.496 e. The molecule has 46 heavy (non-hydrogen) atoms. The number of hydrogen-bond acceptors (Lipinski definition) is 6. The van der Waals surface area contributed by atoms with Crippen LogP contribution in [0.25, 0.3) is 32.8 Å². The highest BCUT2D eigenvalue weighted by molar-refractivity contribution is 6.06. The summed E-state index contributed by atoms with van der Waals surface area (Å²) < 4.78 is 21.9. The van der Waals surface area contributed by atoms with E-state index in [1.165, 1.54) is 0 Å². The molecule has 0 amide bonds. The van der Waals surface area contributed by atoms with Crippen molar-refractivity contribution in [2.45, 2.75) is 59.6 Å². The fraction of sp³-hybridized carbons (Fsp3) is 0.405. The Balaban J connectivity index is 0.000000775. The second-order valence-corrected chi connectivity index (χ2v) is 11.5. The molecule has 9 heteroatoms. The lowest BCUT2D eigenvalue weighted by Crippen LogP contribution is -2.12. The van der Waals surface area contributed by atoms with Crippen molar-refractivity contribution in [3.05, 3.63) is 77.2 Å². The first-order valence-electron chi connectivity index (χ1n) is 16.3. The van der Waals surface area contributed by atoms with Gasteiger partial charge in [-0.1, -0.05) is 50.2 Å². The number of methoxy groups -OCH3 is 1.